The number of rotatable bonds is 3. The summed E-state index contributed by atoms with van der Waals surface area (Å²) in [6.07, 6.45) is 1.68. The van der Waals surface area contributed by atoms with Gasteiger partial charge in [0.25, 0.3) is 0 Å². The Morgan fingerprint density at radius 3 is 2.73 bits per heavy atom. The molecule has 0 bridgehead atoms. The molecule has 0 spiro atoms. The van der Waals surface area contributed by atoms with Crippen LogP contribution in [0.15, 0.2) is 34.9 Å². The Balaban J connectivity index is 2.25. The van der Waals surface area contributed by atoms with Crippen molar-refractivity contribution in [3.8, 4) is 11.3 Å². The lowest BCUT2D eigenvalue weighted by atomic mass is 10.2. The third-order valence-corrected chi connectivity index (χ3v) is 2.20. The number of halogens is 1. The highest BCUT2D eigenvalue weighted by Crippen LogP contribution is 2.22. The first kappa shape index (κ1) is 10.2. The summed E-state index contributed by atoms with van der Waals surface area (Å²) in [5.74, 6) is 1.29. The molecule has 0 amide bonds. The van der Waals surface area contributed by atoms with Crippen molar-refractivity contribution in [1.29, 1.82) is 0 Å². The predicted octanol–water partition coefficient (Wildman–Crippen LogP) is 3.14. The predicted molar refractivity (Wildman–Crippen MR) is 57.7 cm³/mol. The summed E-state index contributed by atoms with van der Waals surface area (Å²) >= 11 is 5.79. The molecule has 0 N–H and O–H groups in total. The third kappa shape index (κ3) is 2.37. The van der Waals surface area contributed by atoms with Crippen LogP contribution in [0.1, 0.15) is 5.89 Å². The lowest BCUT2D eigenvalue weighted by molar-refractivity contribution is 0.160. The lowest BCUT2D eigenvalue weighted by Crippen LogP contribution is -1.84. The molecule has 15 heavy (non-hydrogen) atoms. The van der Waals surface area contributed by atoms with Crippen LogP contribution < -0.4 is 0 Å². The average molecular weight is 224 g/mol. The molecule has 78 valence electrons. The van der Waals surface area contributed by atoms with Gasteiger partial charge in [0.1, 0.15) is 6.61 Å². The van der Waals surface area contributed by atoms with Crippen LogP contribution in [-0.4, -0.2) is 12.1 Å². The zero-order chi connectivity index (χ0) is 10.7. The minimum atomic E-state index is 0.383. The molecule has 1 aromatic heterocycles. The summed E-state index contributed by atoms with van der Waals surface area (Å²) in [7, 11) is 1.60. The SMILES string of the molecule is COCc1ncc(-c2ccc(Cl)cc2)o1. The fraction of sp³-hybridized carbons (Fsp3) is 0.182. The minimum absolute atomic E-state index is 0.383. The van der Waals surface area contributed by atoms with E-state index in [0.29, 0.717) is 17.5 Å². The van der Waals surface area contributed by atoms with Crippen molar-refractivity contribution in [3.05, 3.63) is 41.4 Å². The highest BCUT2D eigenvalue weighted by Gasteiger charge is 2.05. The van der Waals surface area contributed by atoms with Gasteiger partial charge < -0.3 is 9.15 Å². The van der Waals surface area contributed by atoms with E-state index in [9.17, 15) is 0 Å². The normalized spacial score (nSPS) is 10.5. The molecule has 0 radical (unpaired) electrons. The monoisotopic (exact) mass is 223 g/mol. The number of methoxy groups -OCH3 is 1. The largest absolute Gasteiger partial charge is 0.438 e. The molecule has 2 rings (SSSR count). The van der Waals surface area contributed by atoms with E-state index in [-0.39, 0.29) is 0 Å². The van der Waals surface area contributed by atoms with Crippen LogP contribution in [-0.2, 0) is 11.3 Å². The molecule has 0 aliphatic rings. The number of ether oxygens (including phenoxy) is 1. The summed E-state index contributed by atoms with van der Waals surface area (Å²) in [5.41, 5.74) is 0.953. The smallest absolute Gasteiger partial charge is 0.220 e. The molecular formula is C11H10ClNO2. The quantitative estimate of drug-likeness (QED) is 0.802. The summed E-state index contributed by atoms with van der Waals surface area (Å²) in [5, 5.41) is 0.704. The van der Waals surface area contributed by atoms with Gasteiger partial charge >= 0.3 is 0 Å². The first-order valence-electron chi connectivity index (χ1n) is 4.49. The van der Waals surface area contributed by atoms with Crippen LogP contribution in [0.5, 0.6) is 0 Å². The van der Waals surface area contributed by atoms with Crippen LogP contribution >= 0.6 is 11.6 Å². The summed E-state index contributed by atoms with van der Waals surface area (Å²) < 4.78 is 10.4. The fourth-order valence-electron chi connectivity index (χ4n) is 1.25. The van der Waals surface area contributed by atoms with Gasteiger partial charge in [0, 0.05) is 17.7 Å². The van der Waals surface area contributed by atoms with Crippen LogP contribution in [0, 0.1) is 0 Å². The topological polar surface area (TPSA) is 35.3 Å². The van der Waals surface area contributed by atoms with Gasteiger partial charge in [-0.15, -0.1) is 0 Å². The van der Waals surface area contributed by atoms with Gasteiger partial charge in [-0.3, -0.25) is 0 Å². The highest BCUT2D eigenvalue weighted by atomic mass is 35.5. The number of benzene rings is 1. The van der Waals surface area contributed by atoms with E-state index in [2.05, 4.69) is 4.98 Å². The zero-order valence-electron chi connectivity index (χ0n) is 8.24. The maximum Gasteiger partial charge on any atom is 0.220 e. The Hall–Kier alpha value is -1.32. The van der Waals surface area contributed by atoms with Gasteiger partial charge in [-0.05, 0) is 24.3 Å². The molecule has 1 aromatic carbocycles. The fourth-order valence-corrected chi connectivity index (χ4v) is 1.37. The van der Waals surface area contributed by atoms with Crippen LogP contribution in [0.25, 0.3) is 11.3 Å². The molecule has 4 heteroatoms. The molecule has 0 fully saturated rings. The van der Waals surface area contributed by atoms with Crippen molar-refractivity contribution in [2.75, 3.05) is 7.11 Å². The Bertz CT molecular complexity index is 436. The van der Waals surface area contributed by atoms with Crippen LogP contribution in [0.4, 0.5) is 0 Å². The second kappa shape index (κ2) is 4.47. The molecule has 0 unspecified atom stereocenters. The van der Waals surface area contributed by atoms with E-state index in [1.54, 1.807) is 13.3 Å². The molecule has 0 aliphatic carbocycles. The van der Waals surface area contributed by atoms with E-state index in [0.717, 1.165) is 11.3 Å². The number of oxazole rings is 1. The van der Waals surface area contributed by atoms with E-state index >= 15 is 0 Å². The number of hydrogen-bond acceptors (Lipinski definition) is 3. The molecule has 0 aliphatic heterocycles. The third-order valence-electron chi connectivity index (χ3n) is 1.95. The molecule has 0 saturated carbocycles. The van der Waals surface area contributed by atoms with Crippen LogP contribution in [0.3, 0.4) is 0 Å². The van der Waals surface area contributed by atoms with Gasteiger partial charge in [0.2, 0.25) is 5.89 Å². The Labute approximate surface area is 92.6 Å². The maximum atomic E-state index is 5.79. The Kier molecular flexibility index (Phi) is 3.04. The summed E-state index contributed by atoms with van der Waals surface area (Å²) in [4.78, 5) is 4.08. The van der Waals surface area contributed by atoms with Crippen molar-refractivity contribution < 1.29 is 9.15 Å². The van der Waals surface area contributed by atoms with Crippen molar-refractivity contribution in [2.45, 2.75) is 6.61 Å². The average Bonchev–Trinajstić information content (AvgIpc) is 2.68. The van der Waals surface area contributed by atoms with Gasteiger partial charge in [-0.25, -0.2) is 4.98 Å². The van der Waals surface area contributed by atoms with Crippen molar-refractivity contribution >= 4 is 11.6 Å². The van der Waals surface area contributed by atoms with E-state index in [1.807, 2.05) is 24.3 Å². The second-order valence-electron chi connectivity index (χ2n) is 3.06. The Morgan fingerprint density at radius 2 is 2.07 bits per heavy atom. The van der Waals surface area contributed by atoms with Gasteiger partial charge in [-0.1, -0.05) is 11.6 Å². The molecule has 0 saturated heterocycles. The molecule has 1 heterocycles. The Morgan fingerprint density at radius 1 is 1.33 bits per heavy atom. The maximum absolute atomic E-state index is 5.79. The van der Waals surface area contributed by atoms with Gasteiger partial charge in [0.05, 0.1) is 6.20 Å². The number of aromatic nitrogens is 1. The molecule has 3 nitrogen and oxygen atoms in total. The van der Waals surface area contributed by atoms with Gasteiger partial charge in [0.15, 0.2) is 5.76 Å². The van der Waals surface area contributed by atoms with Crippen molar-refractivity contribution in [2.24, 2.45) is 0 Å². The zero-order valence-corrected chi connectivity index (χ0v) is 8.99. The number of hydrogen-bond donors (Lipinski definition) is 0. The summed E-state index contributed by atoms with van der Waals surface area (Å²) in [6.45, 7) is 0.383. The second-order valence-corrected chi connectivity index (χ2v) is 3.49. The van der Waals surface area contributed by atoms with E-state index in [1.165, 1.54) is 0 Å². The summed E-state index contributed by atoms with van der Waals surface area (Å²) in [6, 6.07) is 7.41. The van der Waals surface area contributed by atoms with Crippen molar-refractivity contribution in [3.63, 3.8) is 0 Å². The molecule has 0 atom stereocenters. The standard InChI is InChI=1S/C11H10ClNO2/c1-14-7-11-13-6-10(15-11)8-2-4-9(12)5-3-8/h2-6H,7H2,1H3. The minimum Gasteiger partial charge on any atom is -0.438 e. The first-order valence-corrected chi connectivity index (χ1v) is 4.87. The first-order chi connectivity index (χ1) is 7.29. The van der Waals surface area contributed by atoms with E-state index in [4.69, 9.17) is 20.8 Å². The van der Waals surface area contributed by atoms with Crippen molar-refractivity contribution in [1.82, 2.24) is 4.98 Å². The number of nitrogens with zero attached hydrogens (tertiary/aromatic N) is 1. The highest BCUT2D eigenvalue weighted by molar-refractivity contribution is 6.30. The lowest BCUT2D eigenvalue weighted by Gasteiger charge is -1.95. The van der Waals surface area contributed by atoms with Gasteiger partial charge in [-0.2, -0.15) is 0 Å². The molecule has 2 aromatic rings. The van der Waals surface area contributed by atoms with E-state index < -0.39 is 0 Å². The molecular weight excluding hydrogens is 214 g/mol. The van der Waals surface area contributed by atoms with Crippen LogP contribution in [0.2, 0.25) is 5.02 Å².